The summed E-state index contributed by atoms with van der Waals surface area (Å²) in [6.07, 6.45) is 1.39. The molecule has 0 aliphatic heterocycles. The van der Waals surface area contributed by atoms with Crippen molar-refractivity contribution in [3.05, 3.63) is 0 Å². The summed E-state index contributed by atoms with van der Waals surface area (Å²) < 4.78 is 31.8. The van der Waals surface area contributed by atoms with Crippen LogP contribution in [0.15, 0.2) is 0 Å². The third kappa shape index (κ3) is 8.82. The zero-order chi connectivity index (χ0) is 12.8. The number of hydrogen-bond donors (Lipinski definition) is 0. The lowest BCUT2D eigenvalue weighted by Crippen LogP contribution is -2.42. The van der Waals surface area contributed by atoms with Crippen molar-refractivity contribution in [1.82, 2.24) is 0 Å². The van der Waals surface area contributed by atoms with E-state index in [1.54, 1.807) is 0 Å². The fourth-order valence-corrected chi connectivity index (χ4v) is 1.87. The quantitative estimate of drug-likeness (QED) is 0.461. The second-order valence-corrected chi connectivity index (χ2v) is 6.16. The van der Waals surface area contributed by atoms with Crippen molar-refractivity contribution in [1.29, 1.82) is 0 Å². The maximum absolute atomic E-state index is 11.1. The van der Waals surface area contributed by atoms with E-state index in [0.717, 1.165) is 0 Å². The van der Waals surface area contributed by atoms with Crippen molar-refractivity contribution in [2.24, 2.45) is 0 Å². The van der Waals surface area contributed by atoms with Crippen molar-refractivity contribution < 1.29 is 22.2 Å². The van der Waals surface area contributed by atoms with Gasteiger partial charge in [0, 0.05) is 18.6 Å². The predicted octanol–water partition coefficient (Wildman–Crippen LogP) is 0.367. The monoisotopic (exact) mass is 251 g/mol. The van der Waals surface area contributed by atoms with E-state index in [1.165, 1.54) is 0 Å². The Bertz CT molecular complexity index is 322. The van der Waals surface area contributed by atoms with Crippen molar-refractivity contribution in [3.63, 3.8) is 0 Å². The minimum Gasteiger partial charge on any atom is -0.748 e. The molecular formula is C10H21NO4S. The molecule has 0 atom stereocenters. The van der Waals surface area contributed by atoms with Crippen LogP contribution in [0.2, 0.25) is 0 Å². The maximum Gasteiger partial charge on any atom is 0.138 e. The first kappa shape index (κ1) is 15.5. The van der Waals surface area contributed by atoms with Crippen LogP contribution in [0.25, 0.3) is 0 Å². The van der Waals surface area contributed by atoms with Gasteiger partial charge in [0.15, 0.2) is 0 Å². The summed E-state index contributed by atoms with van der Waals surface area (Å²) >= 11 is 0. The first-order chi connectivity index (χ1) is 7.16. The van der Waals surface area contributed by atoms with Crippen LogP contribution in [-0.4, -0.2) is 56.2 Å². The highest BCUT2D eigenvalue weighted by molar-refractivity contribution is 7.85. The lowest BCUT2D eigenvalue weighted by molar-refractivity contribution is -0.889. The number of carbonyl (C=O) groups excluding carboxylic acids is 1. The van der Waals surface area contributed by atoms with E-state index < -0.39 is 10.1 Å². The molecule has 0 saturated carbocycles. The Morgan fingerprint density at radius 1 is 1.25 bits per heavy atom. The van der Waals surface area contributed by atoms with Gasteiger partial charge in [-0.2, -0.15) is 0 Å². The van der Waals surface area contributed by atoms with Crippen LogP contribution in [0.1, 0.15) is 26.2 Å². The highest BCUT2D eigenvalue weighted by Gasteiger charge is 2.16. The maximum atomic E-state index is 11.1. The Hall–Kier alpha value is -0.460. The molecule has 6 heteroatoms. The van der Waals surface area contributed by atoms with Gasteiger partial charge in [-0.1, -0.05) is 6.92 Å². The smallest absolute Gasteiger partial charge is 0.138 e. The number of hydrogen-bond acceptors (Lipinski definition) is 4. The second-order valence-electron chi connectivity index (χ2n) is 4.64. The fourth-order valence-electron chi connectivity index (χ4n) is 1.39. The average molecular weight is 251 g/mol. The van der Waals surface area contributed by atoms with Gasteiger partial charge in [0.25, 0.3) is 0 Å². The molecular weight excluding hydrogens is 230 g/mol. The van der Waals surface area contributed by atoms with Gasteiger partial charge in [-0.3, -0.25) is 4.79 Å². The molecule has 0 N–H and O–H groups in total. The number of quaternary nitrogens is 1. The van der Waals surface area contributed by atoms with Crippen LogP contribution in [0.4, 0.5) is 0 Å². The lowest BCUT2D eigenvalue weighted by atomic mass is 10.2. The highest BCUT2D eigenvalue weighted by atomic mass is 32.2. The molecule has 0 saturated heterocycles. The number of rotatable bonds is 8. The van der Waals surface area contributed by atoms with Crippen LogP contribution in [-0.2, 0) is 14.9 Å². The first-order valence-corrected chi connectivity index (χ1v) is 7.01. The number of carbonyl (C=O) groups is 1. The second kappa shape index (κ2) is 6.32. The van der Waals surface area contributed by atoms with E-state index in [-0.39, 0.29) is 11.5 Å². The fraction of sp³-hybridized carbons (Fsp3) is 0.900. The van der Waals surface area contributed by atoms with E-state index >= 15 is 0 Å². The molecule has 0 rings (SSSR count). The van der Waals surface area contributed by atoms with Crippen LogP contribution in [0.5, 0.6) is 0 Å². The molecule has 0 aromatic heterocycles. The van der Waals surface area contributed by atoms with Gasteiger partial charge in [0.05, 0.1) is 43.7 Å². The molecule has 0 heterocycles. The van der Waals surface area contributed by atoms with Crippen LogP contribution in [0.3, 0.4) is 0 Å². The molecule has 0 fully saturated rings. The van der Waals surface area contributed by atoms with Gasteiger partial charge in [-0.15, -0.1) is 0 Å². The van der Waals surface area contributed by atoms with E-state index in [9.17, 15) is 17.8 Å². The van der Waals surface area contributed by atoms with Gasteiger partial charge >= 0.3 is 0 Å². The molecule has 16 heavy (non-hydrogen) atoms. The van der Waals surface area contributed by atoms with Crippen molar-refractivity contribution >= 4 is 15.9 Å². The van der Waals surface area contributed by atoms with E-state index in [4.69, 9.17) is 0 Å². The summed E-state index contributed by atoms with van der Waals surface area (Å²) in [4.78, 5) is 11.1. The third-order valence-electron chi connectivity index (χ3n) is 2.55. The summed E-state index contributed by atoms with van der Waals surface area (Å²) in [7, 11) is -0.248. The summed E-state index contributed by atoms with van der Waals surface area (Å²) in [6.45, 7) is 3.11. The Morgan fingerprint density at radius 2 is 1.81 bits per heavy atom. The first-order valence-electron chi connectivity index (χ1n) is 5.43. The van der Waals surface area contributed by atoms with E-state index in [1.807, 2.05) is 21.0 Å². The minimum atomic E-state index is -4.11. The molecule has 0 aliphatic rings. The molecule has 0 unspecified atom stereocenters. The zero-order valence-electron chi connectivity index (χ0n) is 10.2. The molecule has 0 aromatic rings. The zero-order valence-corrected chi connectivity index (χ0v) is 11.0. The van der Waals surface area contributed by atoms with Gasteiger partial charge in [-0.05, 0) is 0 Å². The Morgan fingerprint density at radius 3 is 2.25 bits per heavy atom. The molecule has 0 bridgehead atoms. The summed E-state index contributed by atoms with van der Waals surface area (Å²) in [5.74, 6) is -0.112. The number of nitrogens with zero attached hydrogens (tertiary/aromatic N) is 1. The topological polar surface area (TPSA) is 74.3 Å². The van der Waals surface area contributed by atoms with Gasteiger partial charge in [0.1, 0.15) is 5.78 Å². The Balaban J connectivity index is 3.91. The summed E-state index contributed by atoms with van der Waals surface area (Å²) in [5, 5.41) is 0. The van der Waals surface area contributed by atoms with Crippen molar-refractivity contribution in [2.75, 3.05) is 32.9 Å². The molecule has 0 spiro atoms. The Labute approximate surface area is 97.8 Å². The Kier molecular flexibility index (Phi) is 6.14. The lowest BCUT2D eigenvalue weighted by Gasteiger charge is -2.29. The molecule has 0 aliphatic carbocycles. The van der Waals surface area contributed by atoms with Gasteiger partial charge in [0.2, 0.25) is 0 Å². The van der Waals surface area contributed by atoms with E-state index in [0.29, 0.717) is 36.8 Å². The normalized spacial score (nSPS) is 12.8. The standard InChI is InChI=1S/C10H21NO4S/c1-4-10(12)6-8-11(2,3)7-5-9-16(13,14)15/h4-9H2,1-3H3. The van der Waals surface area contributed by atoms with E-state index in [2.05, 4.69) is 0 Å². The SMILES string of the molecule is CCC(=O)CC[N+](C)(C)CCCS(=O)(=O)[O-]. The molecule has 0 radical (unpaired) electrons. The van der Waals surface area contributed by atoms with Gasteiger partial charge in [-0.25, -0.2) is 8.42 Å². The molecule has 0 amide bonds. The number of ketones is 1. The predicted molar refractivity (Wildman–Crippen MR) is 60.9 cm³/mol. The van der Waals surface area contributed by atoms with Crippen molar-refractivity contribution in [2.45, 2.75) is 26.2 Å². The molecule has 0 aromatic carbocycles. The van der Waals surface area contributed by atoms with Gasteiger partial charge < -0.3 is 9.04 Å². The number of Topliss-reactive ketones (excluding diaryl/α,β-unsaturated/α-hetero) is 1. The molecule has 96 valence electrons. The van der Waals surface area contributed by atoms with Crippen LogP contribution in [0, 0.1) is 0 Å². The summed E-state index contributed by atoms with van der Waals surface area (Å²) in [5.41, 5.74) is 0. The third-order valence-corrected chi connectivity index (χ3v) is 3.34. The van der Waals surface area contributed by atoms with Crippen LogP contribution >= 0.6 is 0 Å². The summed E-state index contributed by atoms with van der Waals surface area (Å²) in [6, 6.07) is 0. The largest absolute Gasteiger partial charge is 0.748 e. The molecule has 5 nitrogen and oxygen atoms in total. The minimum absolute atomic E-state index is 0.211. The average Bonchev–Trinajstić information content (AvgIpc) is 2.12. The highest BCUT2D eigenvalue weighted by Crippen LogP contribution is 2.04. The van der Waals surface area contributed by atoms with Crippen molar-refractivity contribution in [3.8, 4) is 0 Å². The van der Waals surface area contributed by atoms with Crippen LogP contribution < -0.4 is 0 Å².